The Balaban J connectivity index is 3.17. The highest BCUT2D eigenvalue weighted by molar-refractivity contribution is 4.58. The van der Waals surface area contributed by atoms with Crippen LogP contribution in [-0.4, -0.2) is 19.8 Å². The molecule has 2 N–H and O–H groups in total. The third-order valence-electron chi connectivity index (χ3n) is 2.45. The maximum absolute atomic E-state index is 5.48. The minimum atomic E-state index is 0.395. The van der Waals surface area contributed by atoms with E-state index in [2.05, 4.69) is 6.92 Å². The molecule has 0 rings (SSSR count). The van der Waals surface area contributed by atoms with Crippen LogP contribution in [0.25, 0.3) is 0 Å². The number of ether oxygens (including phenoxy) is 1. The molecule has 0 heterocycles. The average Bonchev–Trinajstić information content (AvgIpc) is 2.16. The summed E-state index contributed by atoms with van der Waals surface area (Å²) in [4.78, 5) is 0. The number of unbranched alkanes of at least 4 members (excludes halogenated alkanes) is 4. The molecule has 0 aromatic rings. The van der Waals surface area contributed by atoms with Crippen molar-refractivity contribution in [3.63, 3.8) is 0 Å². The van der Waals surface area contributed by atoms with Crippen LogP contribution in [0.3, 0.4) is 0 Å². The topological polar surface area (TPSA) is 35.2 Å². The molecule has 0 amide bonds. The van der Waals surface area contributed by atoms with Gasteiger partial charge in [0.05, 0.1) is 6.10 Å². The van der Waals surface area contributed by atoms with Crippen LogP contribution < -0.4 is 5.73 Å². The summed E-state index contributed by atoms with van der Waals surface area (Å²) in [5.74, 6) is 0. The number of methoxy groups -OCH3 is 1. The fraction of sp³-hybridized carbons (Fsp3) is 1.00. The maximum atomic E-state index is 5.48. The molecule has 80 valence electrons. The van der Waals surface area contributed by atoms with Gasteiger partial charge in [-0.05, 0) is 19.4 Å². The summed E-state index contributed by atoms with van der Waals surface area (Å²) in [6.45, 7) is 2.99. The van der Waals surface area contributed by atoms with E-state index in [1.165, 1.54) is 38.5 Å². The van der Waals surface area contributed by atoms with Crippen molar-refractivity contribution in [1.29, 1.82) is 0 Å². The predicted octanol–water partition coefficient (Wildman–Crippen LogP) is 2.71. The second-order valence-corrected chi connectivity index (χ2v) is 3.64. The third-order valence-corrected chi connectivity index (χ3v) is 2.45. The van der Waals surface area contributed by atoms with Gasteiger partial charge in [0.2, 0.25) is 0 Å². The molecule has 13 heavy (non-hydrogen) atoms. The molecular formula is C11H25NO. The molecule has 0 spiro atoms. The van der Waals surface area contributed by atoms with Gasteiger partial charge in [0.25, 0.3) is 0 Å². The van der Waals surface area contributed by atoms with E-state index < -0.39 is 0 Å². The van der Waals surface area contributed by atoms with Crippen LogP contribution in [0.2, 0.25) is 0 Å². The van der Waals surface area contributed by atoms with Crippen molar-refractivity contribution in [2.24, 2.45) is 5.73 Å². The van der Waals surface area contributed by atoms with Crippen LogP contribution in [0.4, 0.5) is 0 Å². The first-order chi connectivity index (χ1) is 6.35. The Hall–Kier alpha value is -0.0800. The van der Waals surface area contributed by atoms with E-state index in [0.29, 0.717) is 6.10 Å². The number of rotatable bonds is 9. The minimum absolute atomic E-state index is 0.395. The van der Waals surface area contributed by atoms with Gasteiger partial charge in [0, 0.05) is 7.11 Å². The Labute approximate surface area is 82.8 Å². The lowest BCUT2D eigenvalue weighted by atomic mass is 10.1. The number of hydrogen-bond acceptors (Lipinski definition) is 2. The van der Waals surface area contributed by atoms with E-state index >= 15 is 0 Å². The van der Waals surface area contributed by atoms with Crippen molar-refractivity contribution in [2.45, 2.75) is 58.0 Å². The van der Waals surface area contributed by atoms with Crippen molar-refractivity contribution in [3.05, 3.63) is 0 Å². The SMILES string of the molecule is CCCCCCCC(CCN)OC. The average molecular weight is 187 g/mol. The molecule has 1 unspecified atom stereocenters. The maximum Gasteiger partial charge on any atom is 0.0583 e. The lowest BCUT2D eigenvalue weighted by Crippen LogP contribution is -2.15. The molecule has 0 radical (unpaired) electrons. The molecular weight excluding hydrogens is 162 g/mol. The van der Waals surface area contributed by atoms with Gasteiger partial charge in [-0.3, -0.25) is 0 Å². The third kappa shape index (κ3) is 8.26. The van der Waals surface area contributed by atoms with Crippen molar-refractivity contribution in [3.8, 4) is 0 Å². The molecule has 1 atom stereocenters. The lowest BCUT2D eigenvalue weighted by Gasteiger charge is -2.13. The highest BCUT2D eigenvalue weighted by atomic mass is 16.5. The Morgan fingerprint density at radius 2 is 1.77 bits per heavy atom. The van der Waals surface area contributed by atoms with E-state index in [4.69, 9.17) is 10.5 Å². The van der Waals surface area contributed by atoms with Crippen LogP contribution >= 0.6 is 0 Å². The summed E-state index contributed by atoms with van der Waals surface area (Å²) in [7, 11) is 1.78. The van der Waals surface area contributed by atoms with E-state index in [9.17, 15) is 0 Å². The fourth-order valence-corrected chi connectivity index (χ4v) is 1.54. The van der Waals surface area contributed by atoms with E-state index in [1.54, 1.807) is 7.11 Å². The fourth-order valence-electron chi connectivity index (χ4n) is 1.54. The summed E-state index contributed by atoms with van der Waals surface area (Å²) in [6.07, 6.45) is 9.27. The Bertz CT molecular complexity index is 96.1. The summed E-state index contributed by atoms with van der Waals surface area (Å²) in [6, 6.07) is 0. The molecule has 0 aliphatic heterocycles. The zero-order valence-electron chi connectivity index (χ0n) is 9.22. The van der Waals surface area contributed by atoms with Gasteiger partial charge in [0.1, 0.15) is 0 Å². The first-order valence-corrected chi connectivity index (χ1v) is 5.58. The smallest absolute Gasteiger partial charge is 0.0583 e. The second kappa shape index (κ2) is 10.0. The van der Waals surface area contributed by atoms with Crippen LogP contribution in [-0.2, 0) is 4.74 Å². The number of nitrogens with two attached hydrogens (primary N) is 1. The van der Waals surface area contributed by atoms with Gasteiger partial charge in [-0.1, -0.05) is 39.0 Å². The lowest BCUT2D eigenvalue weighted by molar-refractivity contribution is 0.0876. The molecule has 0 bridgehead atoms. The minimum Gasteiger partial charge on any atom is -0.381 e. The van der Waals surface area contributed by atoms with Gasteiger partial charge >= 0.3 is 0 Å². The van der Waals surface area contributed by atoms with Crippen LogP contribution in [0.15, 0.2) is 0 Å². The molecule has 0 aromatic carbocycles. The van der Waals surface area contributed by atoms with Crippen molar-refractivity contribution in [1.82, 2.24) is 0 Å². The first-order valence-electron chi connectivity index (χ1n) is 5.58. The van der Waals surface area contributed by atoms with E-state index in [1.807, 2.05) is 0 Å². The summed E-state index contributed by atoms with van der Waals surface area (Å²) in [5.41, 5.74) is 5.48. The van der Waals surface area contributed by atoms with Crippen molar-refractivity contribution in [2.75, 3.05) is 13.7 Å². The molecule has 2 heteroatoms. The molecule has 0 fully saturated rings. The van der Waals surface area contributed by atoms with E-state index in [-0.39, 0.29) is 0 Å². The van der Waals surface area contributed by atoms with Crippen molar-refractivity contribution < 1.29 is 4.74 Å². The highest BCUT2D eigenvalue weighted by Crippen LogP contribution is 2.10. The number of hydrogen-bond donors (Lipinski definition) is 1. The Kier molecular flexibility index (Phi) is 9.94. The Morgan fingerprint density at radius 3 is 2.31 bits per heavy atom. The van der Waals surface area contributed by atoms with E-state index in [0.717, 1.165) is 13.0 Å². The molecule has 0 aromatic heterocycles. The van der Waals surface area contributed by atoms with Crippen molar-refractivity contribution >= 4 is 0 Å². The molecule has 0 saturated heterocycles. The van der Waals surface area contributed by atoms with Crippen LogP contribution in [0.1, 0.15) is 51.9 Å². The van der Waals surface area contributed by atoms with Gasteiger partial charge in [-0.25, -0.2) is 0 Å². The summed E-state index contributed by atoms with van der Waals surface area (Å²) in [5, 5.41) is 0. The quantitative estimate of drug-likeness (QED) is 0.563. The van der Waals surface area contributed by atoms with Crippen LogP contribution in [0, 0.1) is 0 Å². The standard InChI is InChI=1S/C11H25NO/c1-3-4-5-6-7-8-11(13-2)9-10-12/h11H,3-10,12H2,1-2H3. The predicted molar refractivity (Wildman–Crippen MR) is 57.8 cm³/mol. The summed E-state index contributed by atoms with van der Waals surface area (Å²) < 4.78 is 5.32. The van der Waals surface area contributed by atoms with Gasteiger partial charge < -0.3 is 10.5 Å². The van der Waals surface area contributed by atoms with Gasteiger partial charge in [-0.2, -0.15) is 0 Å². The monoisotopic (exact) mass is 187 g/mol. The summed E-state index contributed by atoms with van der Waals surface area (Å²) >= 11 is 0. The molecule has 0 saturated carbocycles. The second-order valence-electron chi connectivity index (χ2n) is 3.64. The zero-order chi connectivity index (χ0) is 9.94. The highest BCUT2D eigenvalue weighted by Gasteiger charge is 2.04. The zero-order valence-corrected chi connectivity index (χ0v) is 9.22. The van der Waals surface area contributed by atoms with Gasteiger partial charge in [-0.15, -0.1) is 0 Å². The normalized spacial score (nSPS) is 13.2. The van der Waals surface area contributed by atoms with Crippen LogP contribution in [0.5, 0.6) is 0 Å². The molecule has 0 aliphatic rings. The largest absolute Gasteiger partial charge is 0.381 e. The molecule has 2 nitrogen and oxygen atoms in total. The molecule has 0 aliphatic carbocycles. The first kappa shape index (κ1) is 12.9. The Morgan fingerprint density at radius 1 is 1.08 bits per heavy atom. The van der Waals surface area contributed by atoms with Gasteiger partial charge in [0.15, 0.2) is 0 Å².